The summed E-state index contributed by atoms with van der Waals surface area (Å²) in [5.41, 5.74) is 12.7. The maximum Gasteiger partial charge on any atom is 0.0362 e. The molecule has 2 nitrogen and oxygen atoms in total. The first kappa shape index (κ1) is 13.2. The minimum atomic E-state index is 0.941. The van der Waals surface area contributed by atoms with E-state index in [2.05, 4.69) is 48.2 Å². The van der Waals surface area contributed by atoms with Crippen LogP contribution >= 0.6 is 0 Å². The molecule has 1 aliphatic heterocycles. The number of rotatable bonds is 3. The third kappa shape index (κ3) is 2.56. The fourth-order valence-electron chi connectivity index (χ4n) is 3.10. The molecule has 0 atom stereocenters. The SMILES string of the molecule is CCc1ccccc1CN1CCc2cccc(N)c2C1. The maximum absolute atomic E-state index is 6.13. The van der Waals surface area contributed by atoms with Gasteiger partial charge in [-0.25, -0.2) is 0 Å². The van der Waals surface area contributed by atoms with E-state index in [4.69, 9.17) is 5.73 Å². The van der Waals surface area contributed by atoms with E-state index in [9.17, 15) is 0 Å². The molecule has 3 rings (SSSR count). The van der Waals surface area contributed by atoms with E-state index in [1.807, 2.05) is 6.07 Å². The Morgan fingerprint density at radius 2 is 1.85 bits per heavy atom. The van der Waals surface area contributed by atoms with Crippen LogP contribution in [0, 0.1) is 0 Å². The Labute approximate surface area is 121 Å². The lowest BCUT2D eigenvalue weighted by Crippen LogP contribution is -2.31. The summed E-state index contributed by atoms with van der Waals surface area (Å²) in [5.74, 6) is 0. The largest absolute Gasteiger partial charge is 0.398 e. The third-order valence-electron chi connectivity index (χ3n) is 4.28. The topological polar surface area (TPSA) is 29.3 Å². The lowest BCUT2D eigenvalue weighted by Gasteiger charge is -2.30. The lowest BCUT2D eigenvalue weighted by molar-refractivity contribution is 0.245. The van der Waals surface area contributed by atoms with E-state index in [-0.39, 0.29) is 0 Å². The normalized spacial score (nSPS) is 15.1. The number of anilines is 1. The van der Waals surface area contributed by atoms with Gasteiger partial charge in [0.2, 0.25) is 0 Å². The third-order valence-corrected chi connectivity index (χ3v) is 4.28. The highest BCUT2D eigenvalue weighted by Gasteiger charge is 2.18. The first-order valence-electron chi connectivity index (χ1n) is 7.43. The Hall–Kier alpha value is -1.80. The van der Waals surface area contributed by atoms with Crippen molar-refractivity contribution in [2.24, 2.45) is 0 Å². The highest BCUT2D eigenvalue weighted by molar-refractivity contribution is 5.51. The zero-order valence-electron chi connectivity index (χ0n) is 12.1. The number of fused-ring (bicyclic) bond motifs is 1. The molecular formula is C18H22N2. The summed E-state index contributed by atoms with van der Waals surface area (Å²) in [6, 6.07) is 15.1. The van der Waals surface area contributed by atoms with Gasteiger partial charge in [-0.3, -0.25) is 4.90 Å². The van der Waals surface area contributed by atoms with Crippen molar-refractivity contribution in [1.82, 2.24) is 4.90 Å². The van der Waals surface area contributed by atoms with Crippen molar-refractivity contribution in [3.8, 4) is 0 Å². The van der Waals surface area contributed by atoms with Crippen LogP contribution in [0.4, 0.5) is 5.69 Å². The molecule has 2 aromatic rings. The van der Waals surface area contributed by atoms with Crippen molar-refractivity contribution in [1.29, 1.82) is 0 Å². The van der Waals surface area contributed by atoms with Crippen molar-refractivity contribution in [3.05, 3.63) is 64.7 Å². The summed E-state index contributed by atoms with van der Waals surface area (Å²) < 4.78 is 0. The first-order valence-corrected chi connectivity index (χ1v) is 7.43. The van der Waals surface area contributed by atoms with E-state index in [0.29, 0.717) is 0 Å². The second kappa shape index (κ2) is 5.68. The molecule has 0 bridgehead atoms. The summed E-state index contributed by atoms with van der Waals surface area (Å²) >= 11 is 0. The van der Waals surface area contributed by atoms with E-state index in [1.54, 1.807) is 0 Å². The minimum Gasteiger partial charge on any atom is -0.398 e. The molecule has 0 aromatic heterocycles. The van der Waals surface area contributed by atoms with Crippen LogP contribution in [0.3, 0.4) is 0 Å². The number of aryl methyl sites for hydroxylation is 1. The molecule has 0 fully saturated rings. The van der Waals surface area contributed by atoms with Crippen LogP contribution in [0.15, 0.2) is 42.5 Å². The summed E-state index contributed by atoms with van der Waals surface area (Å²) in [6.07, 6.45) is 2.21. The van der Waals surface area contributed by atoms with Gasteiger partial charge >= 0.3 is 0 Å². The molecular weight excluding hydrogens is 244 g/mol. The van der Waals surface area contributed by atoms with Gasteiger partial charge in [-0.2, -0.15) is 0 Å². The molecule has 0 unspecified atom stereocenters. The predicted octanol–water partition coefficient (Wildman–Crippen LogP) is 3.39. The van der Waals surface area contributed by atoms with Crippen molar-refractivity contribution in [3.63, 3.8) is 0 Å². The number of nitrogens with two attached hydrogens (primary N) is 1. The molecule has 0 saturated carbocycles. The zero-order chi connectivity index (χ0) is 13.9. The van der Waals surface area contributed by atoms with Gasteiger partial charge in [-0.1, -0.05) is 43.3 Å². The van der Waals surface area contributed by atoms with Crippen LogP contribution in [-0.4, -0.2) is 11.4 Å². The lowest BCUT2D eigenvalue weighted by atomic mass is 9.97. The molecule has 0 radical (unpaired) electrons. The van der Waals surface area contributed by atoms with Crippen molar-refractivity contribution >= 4 is 5.69 Å². The van der Waals surface area contributed by atoms with Gasteiger partial charge in [0.1, 0.15) is 0 Å². The minimum absolute atomic E-state index is 0.941. The van der Waals surface area contributed by atoms with Gasteiger partial charge in [0.15, 0.2) is 0 Å². The molecule has 0 spiro atoms. The molecule has 2 N–H and O–H groups in total. The van der Waals surface area contributed by atoms with Crippen LogP contribution in [0.5, 0.6) is 0 Å². The highest BCUT2D eigenvalue weighted by Crippen LogP contribution is 2.25. The summed E-state index contributed by atoms with van der Waals surface area (Å²) in [7, 11) is 0. The highest BCUT2D eigenvalue weighted by atomic mass is 15.1. The smallest absolute Gasteiger partial charge is 0.0362 e. The second-order valence-electron chi connectivity index (χ2n) is 5.57. The number of hydrogen-bond acceptors (Lipinski definition) is 2. The Balaban J connectivity index is 1.79. The van der Waals surface area contributed by atoms with E-state index >= 15 is 0 Å². The van der Waals surface area contributed by atoms with Gasteiger partial charge in [-0.05, 0) is 41.2 Å². The van der Waals surface area contributed by atoms with Gasteiger partial charge in [0.05, 0.1) is 0 Å². The van der Waals surface area contributed by atoms with Crippen molar-refractivity contribution < 1.29 is 0 Å². The summed E-state index contributed by atoms with van der Waals surface area (Å²) in [4.78, 5) is 2.51. The van der Waals surface area contributed by atoms with Crippen LogP contribution < -0.4 is 5.73 Å². The average Bonchev–Trinajstić information content (AvgIpc) is 2.49. The first-order chi connectivity index (χ1) is 9.78. The fourth-order valence-corrected chi connectivity index (χ4v) is 3.10. The molecule has 1 aliphatic rings. The quantitative estimate of drug-likeness (QED) is 0.863. The molecule has 2 heteroatoms. The Bertz CT molecular complexity index is 604. The molecule has 0 saturated heterocycles. The summed E-state index contributed by atoms with van der Waals surface area (Å²) in [6.45, 7) is 5.34. The molecule has 20 heavy (non-hydrogen) atoms. The van der Waals surface area contributed by atoms with Gasteiger partial charge in [0, 0.05) is 25.3 Å². The number of nitrogens with zero attached hydrogens (tertiary/aromatic N) is 1. The molecule has 0 amide bonds. The number of nitrogen functional groups attached to an aromatic ring is 1. The Kier molecular flexibility index (Phi) is 3.75. The fraction of sp³-hybridized carbons (Fsp3) is 0.333. The van der Waals surface area contributed by atoms with E-state index < -0.39 is 0 Å². The standard InChI is InChI=1S/C18H22N2/c1-2-14-6-3-4-7-16(14)12-20-11-10-15-8-5-9-18(19)17(15)13-20/h3-9H,2,10-13,19H2,1H3. The van der Waals surface area contributed by atoms with Crippen LogP contribution in [0.2, 0.25) is 0 Å². The Morgan fingerprint density at radius 3 is 2.65 bits per heavy atom. The summed E-state index contributed by atoms with van der Waals surface area (Å²) in [5, 5.41) is 0. The van der Waals surface area contributed by atoms with Crippen LogP contribution in [-0.2, 0) is 25.9 Å². The number of hydrogen-bond donors (Lipinski definition) is 1. The van der Waals surface area contributed by atoms with E-state index in [1.165, 1.54) is 22.3 Å². The predicted molar refractivity (Wildman–Crippen MR) is 84.5 cm³/mol. The van der Waals surface area contributed by atoms with Gasteiger partial charge in [-0.15, -0.1) is 0 Å². The molecule has 1 heterocycles. The van der Waals surface area contributed by atoms with Crippen molar-refractivity contribution in [2.45, 2.75) is 32.9 Å². The van der Waals surface area contributed by atoms with Crippen LogP contribution in [0.1, 0.15) is 29.2 Å². The van der Waals surface area contributed by atoms with E-state index in [0.717, 1.165) is 38.2 Å². The zero-order valence-corrected chi connectivity index (χ0v) is 12.1. The van der Waals surface area contributed by atoms with Crippen LogP contribution in [0.25, 0.3) is 0 Å². The van der Waals surface area contributed by atoms with Gasteiger partial charge in [0.25, 0.3) is 0 Å². The average molecular weight is 266 g/mol. The molecule has 104 valence electrons. The maximum atomic E-state index is 6.13. The monoisotopic (exact) mass is 266 g/mol. The second-order valence-corrected chi connectivity index (χ2v) is 5.57. The molecule has 2 aromatic carbocycles. The Morgan fingerprint density at radius 1 is 1.05 bits per heavy atom. The molecule has 0 aliphatic carbocycles. The number of benzene rings is 2. The van der Waals surface area contributed by atoms with Gasteiger partial charge < -0.3 is 5.73 Å². The van der Waals surface area contributed by atoms with Crippen molar-refractivity contribution in [2.75, 3.05) is 12.3 Å².